The van der Waals surface area contributed by atoms with Crippen molar-refractivity contribution in [3.8, 4) is 0 Å². The molecule has 15 heavy (non-hydrogen) atoms. The van der Waals surface area contributed by atoms with Crippen molar-refractivity contribution < 1.29 is 14.6 Å². The summed E-state index contributed by atoms with van der Waals surface area (Å²) in [4.78, 5) is 18.3. The number of aromatic nitrogens is 2. The van der Waals surface area contributed by atoms with E-state index in [0.29, 0.717) is 12.3 Å². The zero-order valence-electron chi connectivity index (χ0n) is 8.22. The highest BCUT2D eigenvalue weighted by atomic mass is 16.5. The topological polar surface area (TPSA) is 72.3 Å². The summed E-state index contributed by atoms with van der Waals surface area (Å²) in [5, 5.41) is 8.82. The Morgan fingerprint density at radius 2 is 2.47 bits per heavy atom. The van der Waals surface area contributed by atoms with Crippen LogP contribution < -0.4 is 0 Å². The molecule has 5 heteroatoms. The Kier molecular flexibility index (Phi) is 4.43. The van der Waals surface area contributed by atoms with Crippen molar-refractivity contribution >= 4 is 5.97 Å². The van der Waals surface area contributed by atoms with Gasteiger partial charge in [0.15, 0.2) is 0 Å². The second-order valence-corrected chi connectivity index (χ2v) is 2.82. The van der Waals surface area contributed by atoms with Gasteiger partial charge < -0.3 is 9.84 Å². The van der Waals surface area contributed by atoms with Gasteiger partial charge in [-0.05, 0) is 6.42 Å². The number of ether oxygens (including phenoxy) is 1. The van der Waals surface area contributed by atoms with E-state index in [9.17, 15) is 4.79 Å². The van der Waals surface area contributed by atoms with Crippen molar-refractivity contribution in [2.75, 3.05) is 6.61 Å². The fourth-order valence-corrected chi connectivity index (χ4v) is 0.984. The number of hydrogen-bond acceptors (Lipinski definition) is 4. The summed E-state index contributed by atoms with van der Waals surface area (Å²) >= 11 is 0. The fourth-order valence-electron chi connectivity index (χ4n) is 0.984. The lowest BCUT2D eigenvalue weighted by molar-refractivity contribution is 0.0685. The number of rotatable bonds is 6. The number of carboxylic acid groups (broad SMARTS) is 1. The first-order chi connectivity index (χ1) is 7.25. The van der Waals surface area contributed by atoms with Gasteiger partial charge in [-0.1, -0.05) is 6.08 Å². The van der Waals surface area contributed by atoms with E-state index in [0.717, 1.165) is 6.42 Å². The SMILES string of the molecule is C=CCCOCc1ncncc1C(=O)O. The summed E-state index contributed by atoms with van der Waals surface area (Å²) in [5.41, 5.74) is 0.470. The Bertz CT molecular complexity index is 352. The average Bonchev–Trinajstić information content (AvgIpc) is 2.25. The van der Waals surface area contributed by atoms with Crippen LogP contribution in [0, 0.1) is 0 Å². The van der Waals surface area contributed by atoms with Crippen LogP contribution in [0.25, 0.3) is 0 Å². The first kappa shape index (κ1) is 11.3. The predicted molar refractivity (Wildman–Crippen MR) is 53.5 cm³/mol. The normalized spacial score (nSPS) is 9.87. The number of carbonyl (C=O) groups is 1. The van der Waals surface area contributed by atoms with Gasteiger partial charge in [0, 0.05) is 6.20 Å². The molecule has 0 spiro atoms. The molecule has 1 rings (SSSR count). The number of aromatic carboxylic acids is 1. The summed E-state index contributed by atoms with van der Waals surface area (Å²) in [6.45, 7) is 4.24. The predicted octanol–water partition coefficient (Wildman–Crippen LogP) is 1.27. The molecule has 0 radical (unpaired) electrons. The molecule has 5 nitrogen and oxygen atoms in total. The van der Waals surface area contributed by atoms with Crippen molar-refractivity contribution in [1.29, 1.82) is 0 Å². The van der Waals surface area contributed by atoms with Crippen molar-refractivity contribution in [2.24, 2.45) is 0 Å². The van der Waals surface area contributed by atoms with Crippen LogP contribution in [0.2, 0.25) is 0 Å². The lowest BCUT2D eigenvalue weighted by Crippen LogP contribution is -2.07. The van der Waals surface area contributed by atoms with Gasteiger partial charge in [-0.15, -0.1) is 6.58 Å². The van der Waals surface area contributed by atoms with Crippen molar-refractivity contribution in [1.82, 2.24) is 9.97 Å². The molecule has 0 fully saturated rings. The molecule has 0 aliphatic rings. The molecule has 0 aliphatic heterocycles. The maximum atomic E-state index is 10.8. The second kappa shape index (κ2) is 5.87. The molecule has 0 atom stereocenters. The van der Waals surface area contributed by atoms with E-state index in [4.69, 9.17) is 9.84 Å². The molecule has 0 saturated carbocycles. The van der Waals surface area contributed by atoms with E-state index >= 15 is 0 Å². The lowest BCUT2D eigenvalue weighted by atomic mass is 10.2. The molecule has 0 bridgehead atoms. The molecular weight excluding hydrogens is 196 g/mol. The highest BCUT2D eigenvalue weighted by Gasteiger charge is 2.10. The van der Waals surface area contributed by atoms with E-state index in [1.165, 1.54) is 12.5 Å². The number of carboxylic acids is 1. The summed E-state index contributed by atoms with van der Waals surface area (Å²) in [7, 11) is 0. The lowest BCUT2D eigenvalue weighted by Gasteiger charge is -2.04. The van der Waals surface area contributed by atoms with E-state index in [2.05, 4.69) is 16.5 Å². The van der Waals surface area contributed by atoms with Crippen LogP contribution in [-0.2, 0) is 11.3 Å². The van der Waals surface area contributed by atoms with Gasteiger partial charge in [0.25, 0.3) is 0 Å². The minimum Gasteiger partial charge on any atom is -0.478 e. The van der Waals surface area contributed by atoms with Crippen molar-refractivity contribution in [3.05, 3.63) is 36.4 Å². The van der Waals surface area contributed by atoms with Crippen LogP contribution in [0.3, 0.4) is 0 Å². The van der Waals surface area contributed by atoms with Gasteiger partial charge in [-0.25, -0.2) is 14.8 Å². The second-order valence-electron chi connectivity index (χ2n) is 2.82. The molecule has 1 aromatic rings. The highest BCUT2D eigenvalue weighted by Crippen LogP contribution is 2.05. The summed E-state index contributed by atoms with van der Waals surface area (Å²) in [6, 6.07) is 0. The summed E-state index contributed by atoms with van der Waals surface area (Å²) < 4.78 is 5.23. The molecule has 0 unspecified atom stereocenters. The van der Waals surface area contributed by atoms with Crippen LogP contribution in [-0.4, -0.2) is 27.7 Å². The fraction of sp³-hybridized carbons (Fsp3) is 0.300. The van der Waals surface area contributed by atoms with Crippen molar-refractivity contribution in [2.45, 2.75) is 13.0 Å². The molecule has 1 N–H and O–H groups in total. The van der Waals surface area contributed by atoms with Crippen LogP contribution >= 0.6 is 0 Å². The Labute approximate surface area is 87.4 Å². The number of hydrogen-bond donors (Lipinski definition) is 1. The summed E-state index contributed by atoms with van der Waals surface area (Å²) in [6.07, 6.45) is 5.03. The number of nitrogens with zero attached hydrogens (tertiary/aromatic N) is 2. The van der Waals surface area contributed by atoms with Gasteiger partial charge in [-0.2, -0.15) is 0 Å². The Hall–Kier alpha value is -1.75. The largest absolute Gasteiger partial charge is 0.478 e. The van der Waals surface area contributed by atoms with Crippen molar-refractivity contribution in [3.63, 3.8) is 0 Å². The van der Waals surface area contributed by atoms with Crippen LogP contribution in [0.5, 0.6) is 0 Å². The molecule has 1 heterocycles. The third-order valence-corrected chi connectivity index (χ3v) is 1.73. The van der Waals surface area contributed by atoms with E-state index in [1.807, 2.05) is 0 Å². The minimum atomic E-state index is -1.04. The quantitative estimate of drug-likeness (QED) is 0.563. The maximum absolute atomic E-state index is 10.8. The Morgan fingerprint density at radius 1 is 1.67 bits per heavy atom. The Morgan fingerprint density at radius 3 is 3.13 bits per heavy atom. The summed E-state index contributed by atoms with van der Waals surface area (Å²) in [5.74, 6) is -1.04. The molecule has 0 amide bonds. The monoisotopic (exact) mass is 208 g/mol. The third-order valence-electron chi connectivity index (χ3n) is 1.73. The molecule has 1 aromatic heterocycles. The van der Waals surface area contributed by atoms with Gasteiger partial charge >= 0.3 is 5.97 Å². The zero-order chi connectivity index (χ0) is 11.1. The van der Waals surface area contributed by atoms with Gasteiger partial charge in [-0.3, -0.25) is 0 Å². The molecular formula is C10H12N2O3. The molecule has 0 aliphatic carbocycles. The standard InChI is InChI=1S/C10H12N2O3/c1-2-3-4-15-6-9-8(10(13)14)5-11-7-12-9/h2,5,7H,1,3-4,6H2,(H,13,14). The van der Waals surface area contributed by atoms with E-state index < -0.39 is 5.97 Å². The van der Waals surface area contributed by atoms with Gasteiger partial charge in [0.05, 0.1) is 18.9 Å². The molecule has 0 saturated heterocycles. The van der Waals surface area contributed by atoms with Crippen LogP contribution in [0.15, 0.2) is 25.2 Å². The van der Waals surface area contributed by atoms with Crippen LogP contribution in [0.1, 0.15) is 22.5 Å². The highest BCUT2D eigenvalue weighted by molar-refractivity contribution is 5.88. The first-order valence-electron chi connectivity index (χ1n) is 4.46. The maximum Gasteiger partial charge on any atom is 0.339 e. The van der Waals surface area contributed by atoms with Crippen LogP contribution in [0.4, 0.5) is 0 Å². The smallest absolute Gasteiger partial charge is 0.339 e. The third kappa shape index (κ3) is 3.47. The van der Waals surface area contributed by atoms with Gasteiger partial charge in [0.1, 0.15) is 11.9 Å². The van der Waals surface area contributed by atoms with E-state index in [1.54, 1.807) is 6.08 Å². The molecule has 80 valence electrons. The van der Waals surface area contributed by atoms with E-state index in [-0.39, 0.29) is 12.2 Å². The zero-order valence-corrected chi connectivity index (χ0v) is 8.22. The minimum absolute atomic E-state index is 0.0797. The Balaban J connectivity index is 2.59. The molecule has 0 aromatic carbocycles. The average molecular weight is 208 g/mol. The van der Waals surface area contributed by atoms with Gasteiger partial charge in [0.2, 0.25) is 0 Å². The first-order valence-corrected chi connectivity index (χ1v) is 4.46.